The minimum absolute atomic E-state index is 0.0202. The second-order valence-electron chi connectivity index (χ2n) is 8.67. The van der Waals surface area contributed by atoms with Crippen LogP contribution in [0.1, 0.15) is 18.9 Å². The lowest BCUT2D eigenvalue weighted by Gasteiger charge is -2.43. The lowest BCUT2D eigenvalue weighted by atomic mass is 9.57. The van der Waals surface area contributed by atoms with Crippen molar-refractivity contribution in [1.29, 1.82) is 5.26 Å². The van der Waals surface area contributed by atoms with Gasteiger partial charge in [0.05, 0.1) is 19.2 Å². The zero-order valence-electron chi connectivity index (χ0n) is 17.6. The number of carbonyl (C=O) groups is 2. The molecule has 1 unspecified atom stereocenters. The van der Waals surface area contributed by atoms with E-state index in [1.165, 1.54) is 17.9 Å². The molecule has 2 N–H and O–H groups in total. The van der Waals surface area contributed by atoms with Crippen molar-refractivity contribution in [2.75, 3.05) is 24.5 Å². The van der Waals surface area contributed by atoms with E-state index in [4.69, 9.17) is 4.74 Å². The molecule has 8 heteroatoms. The highest BCUT2D eigenvalue weighted by molar-refractivity contribution is 5.90. The monoisotopic (exact) mass is 434 g/mol. The highest BCUT2D eigenvalue weighted by Gasteiger charge is 2.62. The first-order valence-corrected chi connectivity index (χ1v) is 10.7. The molecule has 0 aromatic heterocycles. The third-order valence-corrected chi connectivity index (χ3v) is 6.89. The number of nitrogens with one attached hydrogen (secondary N) is 2. The zero-order chi connectivity index (χ0) is 22.5. The maximum Gasteiger partial charge on any atom is 0.414 e. The molecule has 2 aromatic rings. The Morgan fingerprint density at radius 3 is 2.66 bits per heavy atom. The molecular formula is C24H23FN4O3. The fourth-order valence-corrected chi connectivity index (χ4v) is 5.15. The minimum atomic E-state index is -0.767. The van der Waals surface area contributed by atoms with Crippen LogP contribution in [0, 0.1) is 23.1 Å². The zero-order valence-corrected chi connectivity index (χ0v) is 17.6. The summed E-state index contributed by atoms with van der Waals surface area (Å²) in [5, 5.41) is 15.8. The van der Waals surface area contributed by atoms with Crippen molar-refractivity contribution in [2.45, 2.75) is 30.9 Å². The Hall–Kier alpha value is -3.44. The van der Waals surface area contributed by atoms with Crippen molar-refractivity contribution in [3.8, 4) is 17.2 Å². The molecule has 1 aliphatic carbocycles. The summed E-state index contributed by atoms with van der Waals surface area (Å²) in [6, 6.07) is 14.7. The van der Waals surface area contributed by atoms with Crippen LogP contribution in [0.2, 0.25) is 0 Å². The number of fused-ring (bicyclic) bond motifs is 1. The van der Waals surface area contributed by atoms with Crippen molar-refractivity contribution in [3.63, 3.8) is 0 Å². The average molecular weight is 434 g/mol. The maximum atomic E-state index is 15.1. The van der Waals surface area contributed by atoms with Gasteiger partial charge < -0.3 is 15.4 Å². The van der Waals surface area contributed by atoms with E-state index in [1.54, 1.807) is 18.2 Å². The van der Waals surface area contributed by atoms with E-state index in [9.17, 15) is 14.9 Å². The van der Waals surface area contributed by atoms with Crippen LogP contribution in [0.5, 0.6) is 0 Å². The van der Waals surface area contributed by atoms with E-state index in [2.05, 4.69) is 16.7 Å². The summed E-state index contributed by atoms with van der Waals surface area (Å²) >= 11 is 0. The molecule has 3 heterocycles. The van der Waals surface area contributed by atoms with Crippen molar-refractivity contribution < 1.29 is 18.7 Å². The van der Waals surface area contributed by atoms with E-state index < -0.39 is 17.6 Å². The van der Waals surface area contributed by atoms with Gasteiger partial charge in [-0.05, 0) is 41.7 Å². The topological polar surface area (TPSA) is 94.5 Å². The molecule has 3 aliphatic heterocycles. The summed E-state index contributed by atoms with van der Waals surface area (Å²) < 4.78 is 20.4. The fourth-order valence-electron chi connectivity index (χ4n) is 5.15. The van der Waals surface area contributed by atoms with E-state index in [0.29, 0.717) is 23.4 Å². The van der Waals surface area contributed by atoms with Crippen LogP contribution in [0.4, 0.5) is 14.9 Å². The number of hydrogen-bond acceptors (Lipinski definition) is 5. The molecule has 1 saturated carbocycles. The number of hydrogen-bond donors (Lipinski definition) is 2. The van der Waals surface area contributed by atoms with Gasteiger partial charge in [0.2, 0.25) is 5.91 Å². The van der Waals surface area contributed by atoms with Gasteiger partial charge >= 0.3 is 6.09 Å². The van der Waals surface area contributed by atoms with Crippen molar-refractivity contribution in [3.05, 3.63) is 53.8 Å². The van der Waals surface area contributed by atoms with Crippen LogP contribution in [-0.2, 0) is 14.9 Å². The number of nitrogens with zero attached hydrogens (tertiary/aromatic N) is 2. The van der Waals surface area contributed by atoms with Crippen molar-refractivity contribution in [1.82, 2.24) is 10.6 Å². The third-order valence-electron chi connectivity index (χ3n) is 6.89. The summed E-state index contributed by atoms with van der Waals surface area (Å²) in [7, 11) is 0. The van der Waals surface area contributed by atoms with E-state index in [-0.39, 0.29) is 30.2 Å². The van der Waals surface area contributed by atoms with Crippen LogP contribution in [-0.4, -0.2) is 43.8 Å². The molecule has 0 radical (unpaired) electrons. The number of cyclic esters (lactones) is 1. The summed E-state index contributed by atoms with van der Waals surface area (Å²) in [4.78, 5) is 24.8. The first-order valence-electron chi connectivity index (χ1n) is 10.7. The quantitative estimate of drug-likeness (QED) is 0.755. The Kier molecular flexibility index (Phi) is 4.86. The molecule has 3 saturated heterocycles. The van der Waals surface area contributed by atoms with Gasteiger partial charge in [0, 0.05) is 30.8 Å². The number of rotatable bonds is 5. The van der Waals surface area contributed by atoms with Crippen molar-refractivity contribution >= 4 is 17.7 Å². The number of benzene rings is 2. The number of halogens is 1. The molecule has 2 amide bonds. The minimum Gasteiger partial charge on any atom is -0.442 e. The Labute approximate surface area is 185 Å². The first kappa shape index (κ1) is 20.5. The number of anilines is 1. The Balaban J connectivity index is 1.33. The highest BCUT2D eigenvalue weighted by Crippen LogP contribution is 2.53. The van der Waals surface area contributed by atoms with Crippen LogP contribution in [0.15, 0.2) is 42.5 Å². The second kappa shape index (κ2) is 7.61. The van der Waals surface area contributed by atoms with E-state index in [1.807, 2.05) is 18.2 Å². The number of amides is 2. The molecule has 7 nitrogen and oxygen atoms in total. The molecule has 4 atom stereocenters. The Bertz CT molecular complexity index is 1110. The van der Waals surface area contributed by atoms with Gasteiger partial charge in [-0.1, -0.05) is 24.3 Å². The SMILES string of the molecule is CC(=O)NC[C@H]1CN(c2ccc(-c3ccc([C@]4(C#N)C5C[C@H]4CN5)c(F)c3)cc2)C(=O)O1. The molecular weight excluding hydrogens is 411 g/mol. The standard InChI is InChI=1S/C24H23FN4O3/c1-14(30)27-11-19-12-29(23(31)32-19)18-5-2-15(3-6-18)16-4-7-20(21(25)8-16)24(13-26)17-9-22(24)28-10-17/h2-8,17,19,22,28H,9-12H2,1H3,(H,27,30)/t17-,19-,22?,24+/m0/s1. The van der Waals surface area contributed by atoms with E-state index in [0.717, 1.165) is 18.5 Å². The normalized spacial score (nSPS) is 28.1. The molecule has 32 heavy (non-hydrogen) atoms. The molecule has 0 spiro atoms. The predicted octanol–water partition coefficient (Wildman–Crippen LogP) is 2.71. The smallest absolute Gasteiger partial charge is 0.414 e. The molecule has 6 rings (SSSR count). The van der Waals surface area contributed by atoms with Crippen LogP contribution < -0.4 is 15.5 Å². The van der Waals surface area contributed by atoms with Crippen LogP contribution in [0.3, 0.4) is 0 Å². The van der Waals surface area contributed by atoms with Gasteiger partial charge in [0.15, 0.2) is 0 Å². The summed E-state index contributed by atoms with van der Waals surface area (Å²) in [5.74, 6) is -0.383. The Morgan fingerprint density at radius 2 is 2.06 bits per heavy atom. The van der Waals surface area contributed by atoms with Gasteiger partial charge in [0.25, 0.3) is 0 Å². The summed E-state index contributed by atoms with van der Waals surface area (Å²) in [6.45, 7) is 2.78. The number of ether oxygens (including phenoxy) is 1. The molecule has 4 aliphatic rings. The summed E-state index contributed by atoms with van der Waals surface area (Å²) in [5.41, 5.74) is 1.88. The highest BCUT2D eigenvalue weighted by atomic mass is 19.1. The average Bonchev–Trinajstić information content (AvgIpc) is 3.50. The van der Waals surface area contributed by atoms with E-state index >= 15 is 4.39 Å². The molecule has 4 fully saturated rings. The number of carbonyl (C=O) groups excluding carboxylic acids is 2. The predicted molar refractivity (Wildman–Crippen MR) is 115 cm³/mol. The van der Waals surface area contributed by atoms with Crippen LogP contribution >= 0.6 is 0 Å². The fraction of sp³-hybridized carbons (Fsp3) is 0.375. The number of nitriles is 1. The molecule has 2 aromatic carbocycles. The van der Waals surface area contributed by atoms with Crippen molar-refractivity contribution in [2.24, 2.45) is 5.92 Å². The second-order valence-corrected chi connectivity index (χ2v) is 8.67. The lowest BCUT2D eigenvalue weighted by molar-refractivity contribution is -0.119. The molecule has 164 valence electrons. The third kappa shape index (κ3) is 3.12. The Morgan fingerprint density at radius 1 is 1.31 bits per heavy atom. The first-order chi connectivity index (χ1) is 15.4. The molecule has 2 bridgehead atoms. The van der Waals surface area contributed by atoms with Crippen LogP contribution in [0.25, 0.3) is 11.1 Å². The lowest BCUT2D eigenvalue weighted by Crippen LogP contribution is -2.52. The summed E-state index contributed by atoms with van der Waals surface area (Å²) in [6.07, 6.45) is 0.0476. The van der Waals surface area contributed by atoms with Gasteiger partial charge in [-0.15, -0.1) is 0 Å². The van der Waals surface area contributed by atoms with Gasteiger partial charge in [0.1, 0.15) is 17.3 Å². The largest absolute Gasteiger partial charge is 0.442 e. The van der Waals surface area contributed by atoms with Gasteiger partial charge in [-0.25, -0.2) is 9.18 Å². The van der Waals surface area contributed by atoms with Gasteiger partial charge in [-0.3, -0.25) is 9.69 Å². The maximum absolute atomic E-state index is 15.1. The van der Waals surface area contributed by atoms with Gasteiger partial charge in [-0.2, -0.15) is 5.26 Å².